The maximum atomic E-state index is 6.18. The van der Waals surface area contributed by atoms with Crippen LogP contribution in [0.2, 0.25) is 10.0 Å². The van der Waals surface area contributed by atoms with Crippen LogP contribution in [0.3, 0.4) is 0 Å². The molecule has 0 amide bonds. The molecule has 2 N–H and O–H groups in total. The number of aliphatic imine (C=N–C) groups is 1. The second-order valence-electron chi connectivity index (χ2n) is 6.89. The second-order valence-corrected chi connectivity index (χ2v) is 7.76. The summed E-state index contributed by atoms with van der Waals surface area (Å²) < 4.78 is 5.77. The number of nitrogens with two attached hydrogens (primary N) is 1. The van der Waals surface area contributed by atoms with Crippen molar-refractivity contribution >= 4 is 52.0 Å². The van der Waals surface area contributed by atoms with Gasteiger partial charge in [-0.3, -0.25) is 4.99 Å². The lowest BCUT2D eigenvalue weighted by Gasteiger charge is -2.16. The third-order valence-electron chi connectivity index (χ3n) is 4.84. The molecule has 1 aromatic carbocycles. The van der Waals surface area contributed by atoms with Crippen molar-refractivity contribution in [3.63, 3.8) is 0 Å². The Balaban J connectivity index is 1.74. The molecule has 31 heavy (non-hydrogen) atoms. The Morgan fingerprint density at radius 3 is 2.52 bits per heavy atom. The van der Waals surface area contributed by atoms with Crippen LogP contribution in [0.1, 0.15) is 5.69 Å². The molecule has 0 aliphatic carbocycles. The number of aromatic nitrogens is 3. The first-order valence-corrected chi connectivity index (χ1v) is 10.2. The van der Waals surface area contributed by atoms with Crippen molar-refractivity contribution in [3.8, 4) is 22.3 Å². The summed E-state index contributed by atoms with van der Waals surface area (Å²) in [6, 6.07) is 13.1. The Morgan fingerprint density at radius 2 is 1.77 bits per heavy atom. The highest BCUT2D eigenvalue weighted by Gasteiger charge is 2.18. The number of anilines is 1. The van der Waals surface area contributed by atoms with Crippen LogP contribution in [0.5, 0.6) is 0 Å². The largest absolute Gasteiger partial charge is 0.484 e. The molecular formula is C23H15Cl2N5O. The van der Waals surface area contributed by atoms with Crippen LogP contribution in [-0.2, 0) is 4.74 Å². The van der Waals surface area contributed by atoms with E-state index in [1.54, 1.807) is 30.9 Å². The normalized spacial score (nSPS) is 13.2. The Bertz CT molecular complexity index is 1360. The third-order valence-corrected chi connectivity index (χ3v) is 5.27. The van der Waals surface area contributed by atoms with Crippen LogP contribution in [0, 0.1) is 0 Å². The maximum Gasteiger partial charge on any atom is 0.164 e. The van der Waals surface area contributed by atoms with Gasteiger partial charge in [-0.05, 0) is 48.0 Å². The highest BCUT2D eigenvalue weighted by atomic mass is 35.5. The van der Waals surface area contributed by atoms with E-state index in [-0.39, 0.29) is 0 Å². The van der Waals surface area contributed by atoms with E-state index in [0.717, 1.165) is 27.6 Å². The van der Waals surface area contributed by atoms with E-state index in [1.807, 2.05) is 36.4 Å². The maximum absolute atomic E-state index is 6.18. The standard InChI is InChI=1S/C23H15Cl2N5O/c24-16-7-13(8-17(25)10-16)15-6-14-9-19(18-2-1-3-28-22(18)26)21(30-23(14)29-11-15)20-12-27-4-5-31-20/h1-4,6-12H,5H2,(H2,26,28). The van der Waals surface area contributed by atoms with E-state index in [0.29, 0.717) is 39.6 Å². The highest BCUT2D eigenvalue weighted by molar-refractivity contribution is 6.35. The molecule has 0 saturated heterocycles. The third kappa shape index (κ3) is 3.83. The minimum atomic E-state index is 0.370. The minimum absolute atomic E-state index is 0.370. The fourth-order valence-corrected chi connectivity index (χ4v) is 3.96. The van der Waals surface area contributed by atoms with Crippen molar-refractivity contribution in [1.82, 2.24) is 15.0 Å². The first-order chi connectivity index (χ1) is 15.1. The van der Waals surface area contributed by atoms with Gasteiger partial charge in [-0.2, -0.15) is 0 Å². The van der Waals surface area contributed by atoms with Crippen molar-refractivity contribution in [2.45, 2.75) is 0 Å². The first-order valence-electron chi connectivity index (χ1n) is 9.41. The van der Waals surface area contributed by atoms with Gasteiger partial charge in [0.1, 0.15) is 18.1 Å². The Hall–Kier alpha value is -3.48. The molecule has 4 aromatic rings. The molecule has 3 aromatic heterocycles. The molecular weight excluding hydrogens is 433 g/mol. The van der Waals surface area contributed by atoms with Gasteiger partial charge in [0.2, 0.25) is 0 Å². The number of benzene rings is 1. The van der Waals surface area contributed by atoms with Crippen molar-refractivity contribution in [1.29, 1.82) is 0 Å². The number of ether oxygens (including phenoxy) is 1. The summed E-state index contributed by atoms with van der Waals surface area (Å²) in [5.41, 5.74) is 10.6. The zero-order chi connectivity index (χ0) is 21.4. The highest BCUT2D eigenvalue weighted by Crippen LogP contribution is 2.35. The molecule has 0 fully saturated rings. The monoisotopic (exact) mass is 447 g/mol. The lowest BCUT2D eigenvalue weighted by molar-refractivity contribution is 0.330. The van der Waals surface area contributed by atoms with E-state index in [4.69, 9.17) is 38.7 Å². The van der Waals surface area contributed by atoms with E-state index >= 15 is 0 Å². The number of pyridine rings is 3. The number of halogens is 2. The quantitative estimate of drug-likeness (QED) is 0.438. The number of hydrogen-bond acceptors (Lipinski definition) is 6. The SMILES string of the molecule is Nc1ncccc1-c1cc2cc(-c3cc(Cl)cc(Cl)c3)cnc2nc1C1=CN=CCO1. The molecule has 4 heterocycles. The molecule has 1 aliphatic rings. The van der Waals surface area contributed by atoms with Crippen LogP contribution in [0.25, 0.3) is 39.0 Å². The summed E-state index contributed by atoms with van der Waals surface area (Å²) in [5.74, 6) is 0.950. The van der Waals surface area contributed by atoms with Gasteiger partial charge in [0.15, 0.2) is 11.4 Å². The Kier molecular flexibility index (Phi) is 5.02. The summed E-state index contributed by atoms with van der Waals surface area (Å²) >= 11 is 12.4. The molecule has 6 nitrogen and oxygen atoms in total. The van der Waals surface area contributed by atoms with Crippen molar-refractivity contribution in [3.05, 3.63) is 76.8 Å². The van der Waals surface area contributed by atoms with Gasteiger partial charge >= 0.3 is 0 Å². The summed E-state index contributed by atoms with van der Waals surface area (Å²) in [5, 5.41) is 1.94. The van der Waals surface area contributed by atoms with E-state index in [9.17, 15) is 0 Å². The molecule has 0 spiro atoms. The van der Waals surface area contributed by atoms with Gasteiger partial charge in [0.25, 0.3) is 0 Å². The molecule has 0 atom stereocenters. The van der Waals surface area contributed by atoms with Crippen LogP contribution < -0.4 is 5.73 Å². The summed E-state index contributed by atoms with van der Waals surface area (Å²) in [4.78, 5) is 17.8. The Morgan fingerprint density at radius 1 is 0.935 bits per heavy atom. The van der Waals surface area contributed by atoms with Gasteiger partial charge in [0.05, 0.1) is 6.20 Å². The number of nitrogens with zero attached hydrogens (tertiary/aromatic N) is 4. The van der Waals surface area contributed by atoms with Gasteiger partial charge in [0, 0.05) is 50.7 Å². The molecule has 0 radical (unpaired) electrons. The first kappa shape index (κ1) is 19.5. The van der Waals surface area contributed by atoms with Crippen LogP contribution in [0.4, 0.5) is 5.82 Å². The fourth-order valence-electron chi connectivity index (χ4n) is 3.44. The minimum Gasteiger partial charge on any atom is -0.484 e. The summed E-state index contributed by atoms with van der Waals surface area (Å²) in [6.45, 7) is 0.370. The molecule has 152 valence electrons. The van der Waals surface area contributed by atoms with Crippen molar-refractivity contribution < 1.29 is 4.74 Å². The predicted octanol–water partition coefficient (Wildman–Crippen LogP) is 5.65. The number of fused-ring (bicyclic) bond motifs is 1. The summed E-state index contributed by atoms with van der Waals surface area (Å²) in [7, 11) is 0. The lowest BCUT2D eigenvalue weighted by atomic mass is 10.0. The van der Waals surface area contributed by atoms with E-state index in [1.165, 1.54) is 0 Å². The predicted molar refractivity (Wildman–Crippen MR) is 125 cm³/mol. The topological polar surface area (TPSA) is 86.3 Å². The van der Waals surface area contributed by atoms with E-state index < -0.39 is 0 Å². The zero-order valence-corrected chi connectivity index (χ0v) is 17.6. The van der Waals surface area contributed by atoms with Gasteiger partial charge in [-0.15, -0.1) is 0 Å². The zero-order valence-electron chi connectivity index (χ0n) is 16.1. The van der Waals surface area contributed by atoms with Crippen LogP contribution >= 0.6 is 23.2 Å². The fraction of sp³-hybridized carbons (Fsp3) is 0.0435. The Labute approximate surface area is 188 Å². The average molecular weight is 448 g/mol. The smallest absolute Gasteiger partial charge is 0.164 e. The van der Waals surface area contributed by atoms with Gasteiger partial charge in [-0.25, -0.2) is 15.0 Å². The van der Waals surface area contributed by atoms with Gasteiger partial charge in [-0.1, -0.05) is 23.2 Å². The number of hydrogen-bond donors (Lipinski definition) is 1. The van der Waals surface area contributed by atoms with E-state index in [2.05, 4.69) is 15.0 Å². The van der Waals surface area contributed by atoms with Gasteiger partial charge < -0.3 is 10.5 Å². The lowest BCUT2D eigenvalue weighted by Crippen LogP contribution is -2.05. The summed E-state index contributed by atoms with van der Waals surface area (Å²) in [6.07, 6.45) is 6.71. The second kappa shape index (κ2) is 7.98. The number of rotatable bonds is 3. The van der Waals surface area contributed by atoms with Crippen LogP contribution in [-0.4, -0.2) is 27.8 Å². The number of nitrogen functional groups attached to an aromatic ring is 1. The van der Waals surface area contributed by atoms with Crippen molar-refractivity contribution in [2.24, 2.45) is 4.99 Å². The molecule has 8 heteroatoms. The molecule has 1 aliphatic heterocycles. The van der Waals surface area contributed by atoms with Crippen molar-refractivity contribution in [2.75, 3.05) is 12.3 Å². The van der Waals surface area contributed by atoms with Crippen LogP contribution in [0.15, 0.2) is 66.1 Å². The average Bonchev–Trinajstić information content (AvgIpc) is 2.78. The molecule has 5 rings (SSSR count). The molecule has 0 saturated carbocycles. The molecule has 0 unspecified atom stereocenters. The molecule has 0 bridgehead atoms.